The van der Waals surface area contributed by atoms with Gasteiger partial charge >= 0.3 is 0 Å². The van der Waals surface area contributed by atoms with Crippen LogP contribution in [0.3, 0.4) is 0 Å². The molecule has 2 aromatic rings. The minimum Gasteiger partial charge on any atom is -0.352 e. The second-order valence-corrected chi connectivity index (χ2v) is 9.14. The van der Waals surface area contributed by atoms with Crippen molar-refractivity contribution in [3.05, 3.63) is 46.4 Å². The fourth-order valence-electron chi connectivity index (χ4n) is 4.24. The molecule has 168 valence electrons. The second kappa shape index (κ2) is 10.1. The summed E-state index contributed by atoms with van der Waals surface area (Å²) in [5.41, 5.74) is 2.44. The van der Waals surface area contributed by atoms with Gasteiger partial charge in [-0.05, 0) is 59.7 Å². The number of benzene rings is 1. The van der Waals surface area contributed by atoms with Crippen molar-refractivity contribution in [2.75, 3.05) is 38.6 Å². The zero-order valence-electron chi connectivity index (χ0n) is 19.4. The van der Waals surface area contributed by atoms with E-state index in [1.165, 1.54) is 0 Å². The number of piperidine rings is 1. The smallest absolute Gasteiger partial charge is 0.294 e. The topological polar surface area (TPSA) is 70.5 Å². The molecular weight excluding hydrogens is 390 g/mol. The summed E-state index contributed by atoms with van der Waals surface area (Å²) in [6.45, 7) is 8.50. The number of carbonyl (C=O) groups is 1. The van der Waals surface area contributed by atoms with Crippen molar-refractivity contribution in [3.8, 4) is 11.3 Å². The monoisotopic (exact) mass is 425 g/mol. The molecule has 3 rings (SSSR count). The van der Waals surface area contributed by atoms with E-state index in [1.54, 1.807) is 10.8 Å². The maximum atomic E-state index is 13.5. The zero-order chi connectivity index (χ0) is 22.5. The summed E-state index contributed by atoms with van der Waals surface area (Å²) >= 11 is 0. The first-order valence-electron chi connectivity index (χ1n) is 11.1. The fourth-order valence-corrected chi connectivity index (χ4v) is 4.24. The van der Waals surface area contributed by atoms with Crippen LogP contribution in [0.2, 0.25) is 0 Å². The molecule has 0 radical (unpaired) electrons. The Morgan fingerprint density at radius 3 is 2.58 bits per heavy atom. The largest absolute Gasteiger partial charge is 0.352 e. The van der Waals surface area contributed by atoms with Crippen LogP contribution >= 0.6 is 0 Å². The molecule has 7 heteroatoms. The van der Waals surface area contributed by atoms with Crippen LogP contribution in [0.4, 0.5) is 5.82 Å². The highest BCUT2D eigenvalue weighted by Gasteiger charge is 2.24. The van der Waals surface area contributed by atoms with E-state index in [9.17, 15) is 9.59 Å². The quantitative estimate of drug-likeness (QED) is 0.738. The predicted octanol–water partition coefficient (Wildman–Crippen LogP) is 2.52. The van der Waals surface area contributed by atoms with Gasteiger partial charge in [0.2, 0.25) is 5.91 Å². The molecule has 0 saturated carbocycles. The maximum absolute atomic E-state index is 13.5. The maximum Gasteiger partial charge on any atom is 0.294 e. The molecule has 0 bridgehead atoms. The normalized spacial score (nSPS) is 15.0. The standard InChI is InChI=1S/C24H35N5O2/c1-17(2)26-22(30)16-29-21(20-8-6-7-18(3)13-20)14-25-23(24(29)31)28-11-9-19(10-12-28)15-27(4)5/h6-8,13-14,17,19H,9-12,15-16H2,1-5H3,(H,26,30). The van der Waals surface area contributed by atoms with E-state index in [0.717, 1.165) is 43.6 Å². The van der Waals surface area contributed by atoms with Gasteiger partial charge in [0.1, 0.15) is 6.54 Å². The van der Waals surface area contributed by atoms with Crippen molar-refractivity contribution in [2.24, 2.45) is 5.92 Å². The van der Waals surface area contributed by atoms with Crippen LogP contribution in [0, 0.1) is 12.8 Å². The van der Waals surface area contributed by atoms with Gasteiger partial charge in [0.25, 0.3) is 5.56 Å². The van der Waals surface area contributed by atoms with E-state index < -0.39 is 0 Å². The lowest BCUT2D eigenvalue weighted by Crippen LogP contribution is -2.42. The van der Waals surface area contributed by atoms with Crippen molar-refractivity contribution in [2.45, 2.75) is 46.2 Å². The molecule has 1 aliphatic rings. The van der Waals surface area contributed by atoms with Crippen LogP contribution in [0.1, 0.15) is 32.3 Å². The third kappa shape index (κ3) is 5.94. The average Bonchev–Trinajstić information content (AvgIpc) is 2.69. The molecule has 1 saturated heterocycles. The lowest BCUT2D eigenvalue weighted by Gasteiger charge is -2.33. The van der Waals surface area contributed by atoms with E-state index in [1.807, 2.05) is 45.0 Å². The van der Waals surface area contributed by atoms with Crippen molar-refractivity contribution >= 4 is 11.7 Å². The molecular formula is C24H35N5O2. The van der Waals surface area contributed by atoms with Gasteiger partial charge in [0, 0.05) is 31.2 Å². The van der Waals surface area contributed by atoms with Crippen LogP contribution in [0.15, 0.2) is 35.3 Å². The van der Waals surface area contributed by atoms with Crippen molar-refractivity contribution in [3.63, 3.8) is 0 Å². The minimum absolute atomic E-state index is 0.0163. The molecule has 0 aliphatic carbocycles. The lowest BCUT2D eigenvalue weighted by molar-refractivity contribution is -0.122. The van der Waals surface area contributed by atoms with Gasteiger partial charge in [-0.2, -0.15) is 0 Å². The first-order valence-corrected chi connectivity index (χ1v) is 11.1. The Labute approximate surface area is 185 Å². The molecule has 0 spiro atoms. The van der Waals surface area contributed by atoms with Crippen LogP contribution in [0.25, 0.3) is 11.3 Å². The van der Waals surface area contributed by atoms with E-state index >= 15 is 0 Å². The fraction of sp³-hybridized carbons (Fsp3) is 0.542. The second-order valence-electron chi connectivity index (χ2n) is 9.14. The van der Waals surface area contributed by atoms with Crippen molar-refractivity contribution in [1.29, 1.82) is 0 Å². The number of aryl methyl sites for hydroxylation is 1. The third-order valence-corrected chi connectivity index (χ3v) is 5.64. The molecule has 1 amide bonds. The van der Waals surface area contributed by atoms with Gasteiger partial charge in [-0.25, -0.2) is 4.98 Å². The van der Waals surface area contributed by atoms with Gasteiger partial charge in [0.05, 0.1) is 11.9 Å². The summed E-state index contributed by atoms with van der Waals surface area (Å²) in [7, 11) is 4.19. The van der Waals surface area contributed by atoms with Crippen LogP contribution < -0.4 is 15.8 Å². The van der Waals surface area contributed by atoms with E-state index in [4.69, 9.17) is 0 Å². The van der Waals surface area contributed by atoms with Crippen LogP contribution in [-0.2, 0) is 11.3 Å². The molecule has 1 aromatic heterocycles. The summed E-state index contributed by atoms with van der Waals surface area (Å²) < 4.78 is 1.57. The highest BCUT2D eigenvalue weighted by molar-refractivity contribution is 5.77. The Kier molecular flexibility index (Phi) is 7.49. The van der Waals surface area contributed by atoms with Gasteiger partial charge in [0.15, 0.2) is 5.82 Å². The average molecular weight is 426 g/mol. The molecule has 31 heavy (non-hydrogen) atoms. The third-order valence-electron chi connectivity index (χ3n) is 5.64. The Morgan fingerprint density at radius 1 is 1.26 bits per heavy atom. The summed E-state index contributed by atoms with van der Waals surface area (Å²) in [5, 5.41) is 2.89. The molecule has 1 fully saturated rings. The molecule has 1 aliphatic heterocycles. The molecule has 1 aromatic carbocycles. The Bertz CT molecular complexity index is 959. The number of rotatable bonds is 7. The molecule has 1 N–H and O–H groups in total. The van der Waals surface area contributed by atoms with Gasteiger partial charge in [-0.15, -0.1) is 0 Å². The van der Waals surface area contributed by atoms with Gasteiger partial charge in [-0.1, -0.05) is 23.8 Å². The first kappa shape index (κ1) is 23.0. The van der Waals surface area contributed by atoms with E-state index in [-0.39, 0.29) is 24.1 Å². The lowest BCUT2D eigenvalue weighted by atomic mass is 9.96. The SMILES string of the molecule is Cc1cccc(-c2cnc(N3CCC(CN(C)C)CC3)c(=O)n2CC(=O)NC(C)C)c1. The van der Waals surface area contributed by atoms with Crippen LogP contribution in [-0.4, -0.2) is 60.1 Å². The summed E-state index contributed by atoms with van der Waals surface area (Å²) in [4.78, 5) is 34.9. The number of nitrogens with one attached hydrogen (secondary N) is 1. The minimum atomic E-state index is -0.205. The molecule has 0 atom stereocenters. The van der Waals surface area contributed by atoms with Crippen molar-refractivity contribution in [1.82, 2.24) is 19.8 Å². The van der Waals surface area contributed by atoms with Crippen LogP contribution in [0.5, 0.6) is 0 Å². The summed E-state index contributed by atoms with van der Waals surface area (Å²) in [6.07, 6.45) is 3.81. The summed E-state index contributed by atoms with van der Waals surface area (Å²) in [5.74, 6) is 0.904. The zero-order valence-corrected chi connectivity index (χ0v) is 19.4. The predicted molar refractivity (Wildman–Crippen MR) is 125 cm³/mol. The Balaban J connectivity index is 1.93. The molecule has 0 unspecified atom stereocenters. The number of amides is 1. The number of carbonyl (C=O) groups excluding carboxylic acids is 1. The Morgan fingerprint density at radius 2 is 1.97 bits per heavy atom. The number of hydrogen-bond acceptors (Lipinski definition) is 5. The highest BCUT2D eigenvalue weighted by Crippen LogP contribution is 2.23. The number of aromatic nitrogens is 2. The first-order chi connectivity index (χ1) is 14.7. The number of nitrogens with zero attached hydrogens (tertiary/aromatic N) is 4. The van der Waals surface area contributed by atoms with Crippen molar-refractivity contribution < 1.29 is 4.79 Å². The number of hydrogen-bond donors (Lipinski definition) is 1. The highest BCUT2D eigenvalue weighted by atomic mass is 16.2. The molecule has 7 nitrogen and oxygen atoms in total. The van der Waals surface area contributed by atoms with E-state index in [2.05, 4.69) is 34.2 Å². The number of anilines is 1. The summed E-state index contributed by atoms with van der Waals surface area (Å²) in [6, 6.07) is 7.95. The van der Waals surface area contributed by atoms with Gasteiger partial charge in [-0.3, -0.25) is 14.2 Å². The molecule has 2 heterocycles. The van der Waals surface area contributed by atoms with Gasteiger partial charge < -0.3 is 15.1 Å². The Hall–Kier alpha value is -2.67. The van der Waals surface area contributed by atoms with E-state index in [0.29, 0.717) is 17.4 Å².